The van der Waals surface area contributed by atoms with E-state index in [2.05, 4.69) is 28.5 Å². The number of amides is 1. The molecule has 3 aromatic carbocycles. The zero-order chi connectivity index (χ0) is 18.9. The van der Waals surface area contributed by atoms with E-state index in [1.165, 1.54) is 11.3 Å². The number of anilines is 1. The van der Waals surface area contributed by atoms with Gasteiger partial charge in [-0.05, 0) is 29.0 Å². The van der Waals surface area contributed by atoms with E-state index in [-0.39, 0.29) is 5.91 Å². The minimum Gasteiger partial charge on any atom is -0.486 e. The van der Waals surface area contributed by atoms with Crippen LogP contribution in [0.2, 0.25) is 0 Å². The van der Waals surface area contributed by atoms with Crippen molar-refractivity contribution >= 4 is 33.1 Å². The van der Waals surface area contributed by atoms with E-state index in [0.717, 1.165) is 22.0 Å². The third-order valence-corrected chi connectivity index (χ3v) is 5.35. The number of ether oxygens (including phenoxy) is 2. The zero-order valence-electron chi connectivity index (χ0n) is 14.8. The Bertz CT molecular complexity index is 1180. The maximum Gasteiger partial charge on any atom is 0.257 e. The van der Waals surface area contributed by atoms with E-state index >= 15 is 0 Å². The lowest BCUT2D eigenvalue weighted by Crippen LogP contribution is -2.17. The lowest BCUT2D eigenvalue weighted by Gasteiger charge is -2.18. The maximum absolute atomic E-state index is 12.6. The van der Waals surface area contributed by atoms with Gasteiger partial charge in [0.1, 0.15) is 13.2 Å². The van der Waals surface area contributed by atoms with E-state index in [1.54, 1.807) is 18.2 Å². The molecule has 0 saturated heterocycles. The fraction of sp³-hybridized carbons (Fsp3) is 0.0909. The van der Waals surface area contributed by atoms with Crippen molar-refractivity contribution in [3.8, 4) is 22.8 Å². The van der Waals surface area contributed by atoms with E-state index in [1.807, 2.05) is 29.6 Å². The van der Waals surface area contributed by atoms with Crippen LogP contribution in [0.25, 0.3) is 22.0 Å². The molecule has 1 aromatic heterocycles. The van der Waals surface area contributed by atoms with Crippen LogP contribution in [0.1, 0.15) is 10.4 Å². The van der Waals surface area contributed by atoms with E-state index < -0.39 is 0 Å². The molecular weight excluding hydrogens is 372 g/mol. The highest BCUT2D eigenvalue weighted by atomic mass is 32.1. The van der Waals surface area contributed by atoms with Gasteiger partial charge in [-0.1, -0.05) is 42.5 Å². The second-order valence-electron chi connectivity index (χ2n) is 6.38. The van der Waals surface area contributed by atoms with Crippen LogP contribution in [0, 0.1) is 0 Å². The molecule has 1 aliphatic rings. The van der Waals surface area contributed by atoms with Crippen molar-refractivity contribution in [1.82, 2.24) is 4.98 Å². The van der Waals surface area contributed by atoms with Crippen LogP contribution in [0.4, 0.5) is 5.13 Å². The second-order valence-corrected chi connectivity index (χ2v) is 7.24. The van der Waals surface area contributed by atoms with E-state index in [4.69, 9.17) is 9.47 Å². The molecule has 0 atom stereocenters. The molecule has 138 valence electrons. The molecule has 28 heavy (non-hydrogen) atoms. The molecule has 6 heteroatoms. The number of hydrogen-bond donors (Lipinski definition) is 1. The summed E-state index contributed by atoms with van der Waals surface area (Å²) in [6, 6.07) is 19.5. The average Bonchev–Trinajstić information content (AvgIpc) is 3.21. The Labute approximate surface area is 165 Å². The summed E-state index contributed by atoms with van der Waals surface area (Å²) >= 11 is 1.41. The number of benzene rings is 3. The third kappa shape index (κ3) is 3.08. The number of rotatable bonds is 3. The number of carbonyl (C=O) groups excluding carboxylic acids is 1. The van der Waals surface area contributed by atoms with Crippen LogP contribution < -0.4 is 14.8 Å². The van der Waals surface area contributed by atoms with Crippen molar-refractivity contribution in [2.45, 2.75) is 0 Å². The molecule has 1 aliphatic heterocycles. The Morgan fingerprint density at radius 1 is 0.964 bits per heavy atom. The number of aromatic nitrogens is 1. The molecule has 0 bridgehead atoms. The quantitative estimate of drug-likeness (QED) is 0.537. The fourth-order valence-electron chi connectivity index (χ4n) is 3.26. The van der Waals surface area contributed by atoms with Gasteiger partial charge in [-0.3, -0.25) is 10.1 Å². The molecule has 0 fully saturated rings. The molecule has 0 spiro atoms. The molecule has 0 unspecified atom stereocenters. The number of hydrogen-bond acceptors (Lipinski definition) is 5. The molecule has 1 amide bonds. The second kappa shape index (κ2) is 6.98. The number of nitrogens with one attached hydrogen (secondary N) is 1. The highest BCUT2D eigenvalue weighted by molar-refractivity contribution is 7.14. The summed E-state index contributed by atoms with van der Waals surface area (Å²) in [5.41, 5.74) is 2.40. The summed E-state index contributed by atoms with van der Waals surface area (Å²) in [5, 5.41) is 7.69. The molecule has 2 heterocycles. The largest absolute Gasteiger partial charge is 0.486 e. The van der Waals surface area contributed by atoms with Gasteiger partial charge >= 0.3 is 0 Å². The Morgan fingerprint density at radius 2 is 1.79 bits per heavy atom. The zero-order valence-corrected chi connectivity index (χ0v) is 15.7. The highest BCUT2D eigenvalue weighted by Crippen LogP contribution is 2.33. The Morgan fingerprint density at radius 3 is 2.71 bits per heavy atom. The van der Waals surface area contributed by atoms with Gasteiger partial charge in [-0.2, -0.15) is 0 Å². The summed E-state index contributed by atoms with van der Waals surface area (Å²) in [5.74, 6) is 1.03. The van der Waals surface area contributed by atoms with Crippen LogP contribution in [0.5, 0.6) is 11.5 Å². The number of thiazole rings is 1. The van der Waals surface area contributed by atoms with Crippen molar-refractivity contribution < 1.29 is 14.3 Å². The van der Waals surface area contributed by atoms with Crippen molar-refractivity contribution in [1.29, 1.82) is 0 Å². The van der Waals surface area contributed by atoms with E-state index in [9.17, 15) is 4.79 Å². The third-order valence-electron chi connectivity index (χ3n) is 4.59. The van der Waals surface area contributed by atoms with Crippen LogP contribution >= 0.6 is 11.3 Å². The predicted octanol–water partition coefficient (Wildman–Crippen LogP) is 4.99. The first kappa shape index (κ1) is 16.8. The van der Waals surface area contributed by atoms with Crippen LogP contribution in [-0.2, 0) is 0 Å². The fourth-order valence-corrected chi connectivity index (χ4v) is 3.96. The summed E-state index contributed by atoms with van der Waals surface area (Å²) in [7, 11) is 0. The van der Waals surface area contributed by atoms with Crippen LogP contribution in [0.3, 0.4) is 0 Å². The molecule has 0 aliphatic carbocycles. The Hall–Kier alpha value is -3.38. The maximum atomic E-state index is 12.6. The van der Waals surface area contributed by atoms with Crippen molar-refractivity contribution in [2.75, 3.05) is 18.5 Å². The summed E-state index contributed by atoms with van der Waals surface area (Å²) in [6.07, 6.45) is 0. The topological polar surface area (TPSA) is 60.5 Å². The van der Waals surface area contributed by atoms with Gasteiger partial charge in [0.15, 0.2) is 16.6 Å². The summed E-state index contributed by atoms with van der Waals surface area (Å²) in [6.45, 7) is 1.01. The lowest BCUT2D eigenvalue weighted by molar-refractivity contribution is 0.102. The molecule has 5 nitrogen and oxygen atoms in total. The van der Waals surface area contributed by atoms with E-state index in [0.29, 0.717) is 35.4 Å². The first-order chi connectivity index (χ1) is 13.8. The normalized spacial score (nSPS) is 12.7. The molecule has 0 radical (unpaired) electrons. The van der Waals surface area contributed by atoms with Gasteiger partial charge in [0.2, 0.25) is 0 Å². The first-order valence-corrected chi connectivity index (χ1v) is 9.80. The number of fused-ring (bicyclic) bond motifs is 2. The summed E-state index contributed by atoms with van der Waals surface area (Å²) in [4.78, 5) is 17.2. The number of nitrogens with zero attached hydrogens (tertiary/aromatic N) is 1. The standard InChI is InChI=1S/C22H16N2O3S/c25-21(15-8-9-19-20(12-15)27-11-10-26-19)24-22-23-18(13-28-22)17-7-3-5-14-4-1-2-6-16(14)17/h1-9,12-13H,10-11H2,(H,23,24,25). The molecule has 0 saturated carbocycles. The summed E-state index contributed by atoms with van der Waals surface area (Å²) < 4.78 is 11.0. The van der Waals surface area contributed by atoms with Gasteiger partial charge in [0, 0.05) is 16.5 Å². The van der Waals surface area contributed by atoms with Gasteiger partial charge in [-0.25, -0.2) is 4.98 Å². The smallest absolute Gasteiger partial charge is 0.257 e. The number of carbonyl (C=O) groups is 1. The SMILES string of the molecule is O=C(Nc1nc(-c2cccc3ccccc23)cs1)c1ccc2c(c1)OCCO2. The lowest BCUT2D eigenvalue weighted by atomic mass is 10.0. The molecule has 5 rings (SSSR count). The average molecular weight is 388 g/mol. The molecular formula is C22H16N2O3S. The van der Waals surface area contributed by atoms with Gasteiger partial charge < -0.3 is 9.47 Å². The monoisotopic (exact) mass is 388 g/mol. The van der Waals surface area contributed by atoms with Crippen LogP contribution in [-0.4, -0.2) is 24.1 Å². The van der Waals surface area contributed by atoms with Crippen molar-refractivity contribution in [2.24, 2.45) is 0 Å². The van der Waals surface area contributed by atoms with Crippen molar-refractivity contribution in [3.05, 3.63) is 71.6 Å². The minimum atomic E-state index is -0.226. The highest BCUT2D eigenvalue weighted by Gasteiger charge is 2.16. The Kier molecular flexibility index (Phi) is 4.18. The van der Waals surface area contributed by atoms with Gasteiger partial charge in [-0.15, -0.1) is 11.3 Å². The molecule has 1 N–H and O–H groups in total. The first-order valence-electron chi connectivity index (χ1n) is 8.92. The van der Waals surface area contributed by atoms with Gasteiger partial charge in [0.05, 0.1) is 5.69 Å². The van der Waals surface area contributed by atoms with Crippen LogP contribution in [0.15, 0.2) is 66.0 Å². The predicted molar refractivity (Wildman–Crippen MR) is 110 cm³/mol. The molecule has 4 aromatic rings. The minimum absolute atomic E-state index is 0.226. The van der Waals surface area contributed by atoms with Crippen molar-refractivity contribution in [3.63, 3.8) is 0 Å². The van der Waals surface area contributed by atoms with Gasteiger partial charge in [0.25, 0.3) is 5.91 Å². The Balaban J connectivity index is 1.40.